The summed E-state index contributed by atoms with van der Waals surface area (Å²) in [4.78, 5) is 21.6. The maximum atomic E-state index is 14.1. The fraction of sp³-hybridized carbons (Fsp3) is 0.317. The van der Waals surface area contributed by atoms with Crippen molar-refractivity contribution < 1.29 is 9.53 Å². The number of para-hydroxylation sites is 1. The van der Waals surface area contributed by atoms with Crippen LogP contribution in [0.5, 0.6) is 5.75 Å². The molecule has 6 aromatic rings. The third-order valence-electron chi connectivity index (χ3n) is 11.2. The molecule has 242 valence electrons. The number of carbonyl (C=O) groups excluding carboxylic acids is 1. The molecular weight excluding hydrogens is 594 g/mol. The van der Waals surface area contributed by atoms with E-state index < -0.39 is 0 Å². The fourth-order valence-corrected chi connectivity index (χ4v) is 8.95. The van der Waals surface area contributed by atoms with E-state index in [1.807, 2.05) is 19.2 Å². The molecule has 0 radical (unpaired) electrons. The number of piperidine rings is 1. The van der Waals surface area contributed by atoms with Crippen LogP contribution in [0.25, 0.3) is 44.6 Å². The molecule has 3 aliphatic rings. The molecule has 9 rings (SSSR count). The number of aromatic nitrogens is 3. The van der Waals surface area contributed by atoms with E-state index >= 15 is 0 Å². The maximum Gasteiger partial charge on any atom is 0.254 e. The number of methoxy groups -OCH3 is 1. The van der Waals surface area contributed by atoms with Crippen LogP contribution in [-0.2, 0) is 19.5 Å². The normalized spacial score (nSPS) is 20.4. The van der Waals surface area contributed by atoms with E-state index in [1.165, 1.54) is 39.6 Å². The first kappa shape index (κ1) is 29.3. The molecule has 2 aliphatic heterocycles. The summed E-state index contributed by atoms with van der Waals surface area (Å²) >= 11 is 0. The van der Waals surface area contributed by atoms with Crippen molar-refractivity contribution in [1.29, 1.82) is 0 Å². The zero-order valence-electron chi connectivity index (χ0n) is 27.7. The van der Waals surface area contributed by atoms with Crippen LogP contribution < -0.4 is 10.1 Å². The molecule has 4 bridgehead atoms. The smallest absolute Gasteiger partial charge is 0.254 e. The molecule has 2 unspecified atom stereocenters. The highest BCUT2D eigenvalue weighted by molar-refractivity contribution is 6.00. The van der Waals surface area contributed by atoms with Gasteiger partial charge >= 0.3 is 0 Å². The number of ether oxygens (including phenoxy) is 1. The van der Waals surface area contributed by atoms with Gasteiger partial charge in [0.15, 0.2) is 5.82 Å². The highest BCUT2D eigenvalue weighted by atomic mass is 16.5. The number of hydrogen-bond acceptors (Lipinski definition) is 4. The number of aryl methyl sites for hydroxylation is 2. The number of benzene rings is 4. The van der Waals surface area contributed by atoms with Gasteiger partial charge in [0.25, 0.3) is 5.91 Å². The molecule has 1 N–H and O–H groups in total. The van der Waals surface area contributed by atoms with Crippen molar-refractivity contribution in [2.24, 2.45) is 5.92 Å². The molecule has 4 heterocycles. The van der Waals surface area contributed by atoms with Crippen molar-refractivity contribution in [3.63, 3.8) is 0 Å². The monoisotopic (exact) mass is 635 g/mol. The zero-order chi connectivity index (χ0) is 32.4. The number of nitrogens with zero attached hydrogens (tertiary/aromatic N) is 4. The third kappa shape index (κ3) is 4.66. The zero-order valence-corrected chi connectivity index (χ0v) is 27.7. The van der Waals surface area contributed by atoms with Gasteiger partial charge in [0, 0.05) is 48.2 Å². The minimum absolute atomic E-state index is 0.0672. The Bertz CT molecular complexity index is 2190. The second-order valence-corrected chi connectivity index (χ2v) is 13.8. The number of hydrogen-bond donors (Lipinski definition) is 1. The van der Waals surface area contributed by atoms with Gasteiger partial charge in [-0.2, -0.15) is 0 Å². The number of imidazole rings is 1. The molecular formula is C41H41N5O2. The molecule has 1 aliphatic carbocycles. The van der Waals surface area contributed by atoms with E-state index in [0.717, 1.165) is 61.3 Å². The number of rotatable bonds is 3. The number of likely N-dealkylation sites (N-methyl/N-ethyl adjacent to an activating group) is 1. The van der Waals surface area contributed by atoms with Crippen LogP contribution in [0.2, 0.25) is 0 Å². The number of carbonyl (C=O) groups is 1. The SMILES string of the molecule is CN[C@@H]1C2CCC1N(C(=O)c1cc(OC)c3c(c1)nc1n3Cc3cccc(c3)-c3ccccc3CCCCn3c-1cc1ccccc13)C2. The summed E-state index contributed by atoms with van der Waals surface area (Å²) in [5, 5.41) is 4.68. The van der Waals surface area contributed by atoms with Crippen molar-refractivity contribution in [3.05, 3.63) is 108 Å². The van der Waals surface area contributed by atoms with Crippen LogP contribution in [0.4, 0.5) is 0 Å². The number of likely N-dealkylation sites (tertiary alicyclic amines) is 1. The number of fused-ring (bicyclic) bond motifs is 13. The molecule has 48 heavy (non-hydrogen) atoms. The van der Waals surface area contributed by atoms with Crippen LogP contribution in [0.3, 0.4) is 0 Å². The first-order chi connectivity index (χ1) is 23.6. The first-order valence-electron chi connectivity index (χ1n) is 17.4. The molecule has 1 saturated heterocycles. The standard InChI is InChI=1S/C41H41N5O2/c1-42-38-30-17-18-35(38)45(25-30)41(47)31-21-33-39(37(23-31)48-2)46-24-26-10-9-14-28(20-26)32-15-5-3-11-27(32)12-7-8-19-44-34-16-6-4-13-29(34)22-36(44)40(46)43-33/h3-6,9-11,13-16,20-23,30,35,38,42H,7-8,12,17-19,24-25H2,1-2H3/t30?,35?,38-/m1/s1. The Morgan fingerprint density at radius 2 is 1.79 bits per heavy atom. The van der Waals surface area contributed by atoms with E-state index in [1.54, 1.807) is 7.11 Å². The highest BCUT2D eigenvalue weighted by Gasteiger charge is 2.48. The van der Waals surface area contributed by atoms with Gasteiger partial charge in [0.1, 0.15) is 11.3 Å². The minimum Gasteiger partial charge on any atom is -0.494 e. The lowest BCUT2D eigenvalue weighted by atomic mass is 9.95. The van der Waals surface area contributed by atoms with Gasteiger partial charge in [-0.3, -0.25) is 4.79 Å². The molecule has 7 heteroatoms. The summed E-state index contributed by atoms with van der Waals surface area (Å²) < 4.78 is 10.9. The van der Waals surface area contributed by atoms with E-state index in [0.29, 0.717) is 29.8 Å². The Labute approximate surface area is 281 Å². The topological polar surface area (TPSA) is 64.3 Å². The Morgan fingerprint density at radius 3 is 2.67 bits per heavy atom. The van der Waals surface area contributed by atoms with Gasteiger partial charge in [-0.25, -0.2) is 4.98 Å². The lowest BCUT2D eigenvalue weighted by molar-refractivity contribution is 0.0698. The van der Waals surface area contributed by atoms with Crippen LogP contribution in [0, 0.1) is 5.92 Å². The van der Waals surface area contributed by atoms with E-state index in [-0.39, 0.29) is 11.9 Å². The van der Waals surface area contributed by atoms with Crippen LogP contribution in [0.15, 0.2) is 91.0 Å². The van der Waals surface area contributed by atoms with E-state index in [4.69, 9.17) is 9.72 Å². The van der Waals surface area contributed by atoms with Gasteiger partial charge in [-0.15, -0.1) is 0 Å². The van der Waals surface area contributed by atoms with Crippen molar-refractivity contribution in [3.8, 4) is 28.4 Å². The van der Waals surface area contributed by atoms with Gasteiger partial charge in [-0.05, 0) is 97.7 Å². The van der Waals surface area contributed by atoms with E-state index in [9.17, 15) is 4.79 Å². The molecule has 0 spiro atoms. The average Bonchev–Trinajstić information content (AvgIpc) is 3.89. The Balaban J connectivity index is 1.24. The first-order valence-corrected chi connectivity index (χ1v) is 17.4. The summed E-state index contributed by atoms with van der Waals surface area (Å²) in [6.45, 7) is 2.31. The minimum atomic E-state index is 0.0672. The van der Waals surface area contributed by atoms with E-state index in [2.05, 4.69) is 98.2 Å². The average molecular weight is 636 g/mol. The Kier molecular flexibility index (Phi) is 7.12. The quantitative estimate of drug-likeness (QED) is 0.218. The summed E-state index contributed by atoms with van der Waals surface area (Å²) in [7, 11) is 3.72. The molecule has 2 fully saturated rings. The van der Waals surface area contributed by atoms with Crippen molar-refractivity contribution in [2.45, 2.75) is 57.3 Å². The van der Waals surface area contributed by atoms with Crippen LogP contribution in [0.1, 0.15) is 47.2 Å². The largest absolute Gasteiger partial charge is 0.494 e. The lowest BCUT2D eigenvalue weighted by Gasteiger charge is -2.27. The third-order valence-corrected chi connectivity index (χ3v) is 11.2. The molecule has 3 atom stereocenters. The Morgan fingerprint density at radius 1 is 0.917 bits per heavy atom. The number of amides is 1. The lowest BCUT2D eigenvalue weighted by Crippen LogP contribution is -2.42. The maximum absolute atomic E-state index is 14.1. The van der Waals surface area contributed by atoms with Crippen molar-refractivity contribution in [1.82, 2.24) is 24.3 Å². The number of nitrogens with one attached hydrogen (secondary N) is 1. The van der Waals surface area contributed by atoms with Crippen molar-refractivity contribution >= 4 is 27.8 Å². The van der Waals surface area contributed by atoms with Gasteiger partial charge in [-0.1, -0.05) is 60.7 Å². The molecule has 1 saturated carbocycles. The predicted molar refractivity (Wildman–Crippen MR) is 192 cm³/mol. The molecule has 7 nitrogen and oxygen atoms in total. The van der Waals surface area contributed by atoms with Gasteiger partial charge in [0.05, 0.1) is 18.3 Å². The molecule has 2 aromatic heterocycles. The Hall–Kier alpha value is -4.88. The summed E-state index contributed by atoms with van der Waals surface area (Å²) in [6.07, 6.45) is 5.40. The van der Waals surface area contributed by atoms with Crippen LogP contribution >= 0.6 is 0 Å². The molecule has 4 aromatic carbocycles. The predicted octanol–water partition coefficient (Wildman–Crippen LogP) is 7.54. The summed E-state index contributed by atoms with van der Waals surface area (Å²) in [5.74, 6) is 2.15. The van der Waals surface area contributed by atoms with Gasteiger partial charge in [0.2, 0.25) is 0 Å². The summed E-state index contributed by atoms with van der Waals surface area (Å²) in [5.41, 5.74) is 9.76. The van der Waals surface area contributed by atoms with Gasteiger partial charge < -0.3 is 24.1 Å². The van der Waals surface area contributed by atoms with Crippen molar-refractivity contribution in [2.75, 3.05) is 20.7 Å². The fourth-order valence-electron chi connectivity index (χ4n) is 8.95. The highest BCUT2D eigenvalue weighted by Crippen LogP contribution is 2.41. The second-order valence-electron chi connectivity index (χ2n) is 13.8. The van der Waals surface area contributed by atoms with Crippen LogP contribution in [-0.4, -0.2) is 57.7 Å². The second kappa shape index (κ2) is 11.7. The summed E-state index contributed by atoms with van der Waals surface area (Å²) in [6, 6.07) is 33.2. The molecule has 1 amide bonds.